The minimum absolute atomic E-state index is 0.100. The van der Waals surface area contributed by atoms with Gasteiger partial charge in [-0.1, -0.05) is 38.0 Å². The molecule has 0 atom stereocenters. The second kappa shape index (κ2) is 9.46. The molecule has 1 aromatic rings. The molecule has 122 valence electrons. The summed E-state index contributed by atoms with van der Waals surface area (Å²) >= 11 is 0. The third-order valence-corrected chi connectivity index (χ3v) is 4.06. The van der Waals surface area contributed by atoms with Crippen molar-refractivity contribution in [3.8, 4) is 5.75 Å². The predicted octanol–water partition coefficient (Wildman–Crippen LogP) is 2.97. The molecule has 4 heteroatoms. The van der Waals surface area contributed by atoms with Gasteiger partial charge in [-0.05, 0) is 31.9 Å². The summed E-state index contributed by atoms with van der Waals surface area (Å²) in [5, 5.41) is 3.44. The smallest absolute Gasteiger partial charge is 0.260 e. The van der Waals surface area contributed by atoms with Crippen LogP contribution < -0.4 is 10.1 Å². The molecule has 1 aromatic carbocycles. The quantitative estimate of drug-likeness (QED) is 0.713. The van der Waals surface area contributed by atoms with Gasteiger partial charge in [0, 0.05) is 25.2 Å². The first kappa shape index (κ1) is 16.8. The van der Waals surface area contributed by atoms with Crippen LogP contribution in [0.3, 0.4) is 0 Å². The molecule has 2 rings (SSSR count). The Labute approximate surface area is 133 Å². The van der Waals surface area contributed by atoms with E-state index in [0.717, 1.165) is 50.3 Å². The average Bonchev–Trinajstić information content (AvgIpc) is 3.08. The number of benzene rings is 1. The highest BCUT2D eigenvalue weighted by Crippen LogP contribution is 2.18. The van der Waals surface area contributed by atoms with E-state index in [1.165, 1.54) is 19.3 Å². The van der Waals surface area contributed by atoms with E-state index in [9.17, 15) is 4.79 Å². The summed E-state index contributed by atoms with van der Waals surface area (Å²) in [5.74, 6) is 0.918. The Morgan fingerprint density at radius 3 is 2.77 bits per heavy atom. The van der Waals surface area contributed by atoms with Gasteiger partial charge in [-0.25, -0.2) is 0 Å². The van der Waals surface area contributed by atoms with E-state index >= 15 is 0 Å². The number of ether oxygens (including phenoxy) is 1. The molecule has 1 saturated heterocycles. The van der Waals surface area contributed by atoms with Gasteiger partial charge in [-0.3, -0.25) is 4.79 Å². The van der Waals surface area contributed by atoms with Gasteiger partial charge in [0.15, 0.2) is 6.61 Å². The zero-order chi connectivity index (χ0) is 15.6. The lowest BCUT2D eigenvalue weighted by Crippen LogP contribution is -2.32. The van der Waals surface area contributed by atoms with Gasteiger partial charge >= 0.3 is 0 Å². The van der Waals surface area contributed by atoms with Crippen molar-refractivity contribution in [1.29, 1.82) is 0 Å². The van der Waals surface area contributed by atoms with Crippen molar-refractivity contribution >= 4 is 5.91 Å². The highest BCUT2D eigenvalue weighted by molar-refractivity contribution is 5.78. The number of rotatable bonds is 9. The lowest BCUT2D eigenvalue weighted by atomic mass is 10.2. The van der Waals surface area contributed by atoms with Gasteiger partial charge in [0.25, 0.3) is 5.91 Å². The molecule has 1 N–H and O–H groups in total. The fourth-order valence-electron chi connectivity index (χ4n) is 2.71. The summed E-state index contributed by atoms with van der Waals surface area (Å²) < 4.78 is 5.76. The Kier molecular flexibility index (Phi) is 7.23. The van der Waals surface area contributed by atoms with Crippen LogP contribution in [0.2, 0.25) is 0 Å². The third-order valence-electron chi connectivity index (χ3n) is 4.06. The number of likely N-dealkylation sites (tertiary alicyclic amines) is 1. The zero-order valence-electron chi connectivity index (χ0n) is 13.6. The molecular weight excluding hydrogens is 276 g/mol. The largest absolute Gasteiger partial charge is 0.483 e. The highest BCUT2D eigenvalue weighted by Gasteiger charge is 2.18. The molecule has 1 heterocycles. The van der Waals surface area contributed by atoms with Gasteiger partial charge in [-0.15, -0.1) is 0 Å². The molecule has 1 fully saturated rings. The predicted molar refractivity (Wildman–Crippen MR) is 89.0 cm³/mol. The molecule has 1 amide bonds. The van der Waals surface area contributed by atoms with Crippen molar-refractivity contribution < 1.29 is 9.53 Å². The van der Waals surface area contributed by atoms with Gasteiger partial charge in [-0.2, -0.15) is 0 Å². The Morgan fingerprint density at radius 2 is 2.00 bits per heavy atom. The van der Waals surface area contributed by atoms with E-state index in [1.807, 2.05) is 23.1 Å². The number of nitrogens with one attached hydrogen (secondary N) is 1. The summed E-state index contributed by atoms with van der Waals surface area (Å²) in [5.41, 5.74) is 1.12. The number of nitrogens with zero attached hydrogens (tertiary/aromatic N) is 1. The summed E-state index contributed by atoms with van der Waals surface area (Å²) in [7, 11) is 0. The molecule has 1 aliphatic heterocycles. The van der Waals surface area contributed by atoms with Crippen molar-refractivity contribution in [3.63, 3.8) is 0 Å². The SMILES string of the molecule is CCCCCNCc1ccccc1OCC(=O)N1CCCC1. The monoisotopic (exact) mass is 304 g/mol. The van der Waals surface area contributed by atoms with Crippen LogP contribution in [-0.2, 0) is 11.3 Å². The Balaban J connectivity index is 1.78. The van der Waals surface area contributed by atoms with Crippen molar-refractivity contribution in [2.45, 2.75) is 45.6 Å². The van der Waals surface area contributed by atoms with E-state index in [4.69, 9.17) is 4.74 Å². The van der Waals surface area contributed by atoms with E-state index < -0.39 is 0 Å². The maximum atomic E-state index is 12.0. The van der Waals surface area contributed by atoms with Crippen LogP contribution in [0.5, 0.6) is 5.75 Å². The van der Waals surface area contributed by atoms with Crippen LogP contribution in [0, 0.1) is 0 Å². The van der Waals surface area contributed by atoms with E-state index in [-0.39, 0.29) is 12.5 Å². The van der Waals surface area contributed by atoms with Gasteiger partial charge in [0.2, 0.25) is 0 Å². The lowest BCUT2D eigenvalue weighted by molar-refractivity contribution is -0.132. The fraction of sp³-hybridized carbons (Fsp3) is 0.611. The molecule has 0 saturated carbocycles. The molecule has 0 aliphatic carbocycles. The Morgan fingerprint density at radius 1 is 1.23 bits per heavy atom. The molecule has 22 heavy (non-hydrogen) atoms. The molecule has 0 bridgehead atoms. The number of para-hydroxylation sites is 1. The van der Waals surface area contributed by atoms with Crippen LogP contribution in [0.1, 0.15) is 44.6 Å². The summed E-state index contributed by atoms with van der Waals surface area (Å²) in [6.45, 7) is 5.92. The number of hydrogen-bond acceptors (Lipinski definition) is 3. The van der Waals surface area contributed by atoms with Gasteiger partial charge < -0.3 is 15.0 Å². The maximum absolute atomic E-state index is 12.0. The first-order valence-corrected chi connectivity index (χ1v) is 8.50. The van der Waals surface area contributed by atoms with Crippen LogP contribution in [0.25, 0.3) is 0 Å². The van der Waals surface area contributed by atoms with E-state index in [0.29, 0.717) is 0 Å². The minimum atomic E-state index is 0.100. The molecule has 0 aromatic heterocycles. The summed E-state index contributed by atoms with van der Waals surface area (Å²) in [4.78, 5) is 13.9. The minimum Gasteiger partial charge on any atom is -0.483 e. The number of carbonyl (C=O) groups is 1. The molecule has 0 spiro atoms. The number of hydrogen-bond donors (Lipinski definition) is 1. The standard InChI is InChI=1S/C18H28N2O2/c1-2-3-6-11-19-14-16-9-4-5-10-17(16)22-15-18(21)20-12-7-8-13-20/h4-5,9-10,19H,2-3,6-8,11-15H2,1H3. The summed E-state index contributed by atoms with van der Waals surface area (Å²) in [6.07, 6.45) is 5.93. The lowest BCUT2D eigenvalue weighted by Gasteiger charge is -2.17. The molecular formula is C18H28N2O2. The number of carbonyl (C=O) groups excluding carboxylic acids is 1. The molecule has 4 nitrogen and oxygen atoms in total. The fourth-order valence-corrected chi connectivity index (χ4v) is 2.71. The zero-order valence-corrected chi connectivity index (χ0v) is 13.6. The second-order valence-electron chi connectivity index (χ2n) is 5.87. The third kappa shape index (κ3) is 5.34. The normalized spacial score (nSPS) is 14.3. The van der Waals surface area contributed by atoms with Crippen molar-refractivity contribution in [2.75, 3.05) is 26.2 Å². The molecule has 0 unspecified atom stereocenters. The van der Waals surface area contributed by atoms with Crippen LogP contribution in [0.4, 0.5) is 0 Å². The topological polar surface area (TPSA) is 41.6 Å². The van der Waals surface area contributed by atoms with Crippen molar-refractivity contribution in [2.24, 2.45) is 0 Å². The van der Waals surface area contributed by atoms with E-state index in [2.05, 4.69) is 18.3 Å². The van der Waals surface area contributed by atoms with Crippen LogP contribution in [0.15, 0.2) is 24.3 Å². The summed E-state index contributed by atoms with van der Waals surface area (Å²) in [6, 6.07) is 7.97. The van der Waals surface area contributed by atoms with Gasteiger partial charge in [0.05, 0.1) is 0 Å². The average molecular weight is 304 g/mol. The highest BCUT2D eigenvalue weighted by atomic mass is 16.5. The Hall–Kier alpha value is -1.55. The number of unbranched alkanes of at least 4 members (excludes halogenated alkanes) is 2. The second-order valence-corrected chi connectivity index (χ2v) is 5.87. The maximum Gasteiger partial charge on any atom is 0.260 e. The number of amides is 1. The van der Waals surface area contributed by atoms with Crippen LogP contribution in [-0.4, -0.2) is 37.0 Å². The first-order valence-electron chi connectivity index (χ1n) is 8.50. The molecule has 1 aliphatic rings. The first-order chi connectivity index (χ1) is 10.8. The Bertz CT molecular complexity index is 456. The van der Waals surface area contributed by atoms with Gasteiger partial charge in [0.1, 0.15) is 5.75 Å². The van der Waals surface area contributed by atoms with Crippen molar-refractivity contribution in [1.82, 2.24) is 10.2 Å². The van der Waals surface area contributed by atoms with Crippen molar-refractivity contribution in [3.05, 3.63) is 29.8 Å². The van der Waals surface area contributed by atoms with Crippen LogP contribution >= 0.6 is 0 Å². The van der Waals surface area contributed by atoms with E-state index in [1.54, 1.807) is 0 Å². The molecule has 0 radical (unpaired) electrons.